The summed E-state index contributed by atoms with van der Waals surface area (Å²) in [6.45, 7) is 7.58. The Morgan fingerprint density at radius 1 is 1.19 bits per heavy atom. The molecule has 0 aliphatic carbocycles. The van der Waals surface area contributed by atoms with Crippen LogP contribution in [0.25, 0.3) is 11.5 Å². The maximum absolute atomic E-state index is 5.83. The van der Waals surface area contributed by atoms with Crippen molar-refractivity contribution >= 4 is 15.9 Å². The molecule has 0 spiro atoms. The Kier molecular flexibility index (Phi) is 4.40. The van der Waals surface area contributed by atoms with E-state index >= 15 is 0 Å². The molecule has 1 aromatic heterocycles. The zero-order chi connectivity index (χ0) is 14.8. The SMILES string of the molecule is CC1CC(C)CN(Cc2nnc(-c3ccccc3Br)o2)C1. The molecule has 1 saturated heterocycles. The van der Waals surface area contributed by atoms with Crippen molar-refractivity contribution in [1.29, 1.82) is 0 Å². The molecule has 4 nitrogen and oxygen atoms in total. The summed E-state index contributed by atoms with van der Waals surface area (Å²) in [6.07, 6.45) is 1.31. The summed E-state index contributed by atoms with van der Waals surface area (Å²) in [6, 6.07) is 7.90. The Balaban J connectivity index is 1.72. The van der Waals surface area contributed by atoms with Gasteiger partial charge in [0, 0.05) is 17.6 Å². The summed E-state index contributed by atoms with van der Waals surface area (Å²) in [7, 11) is 0. The van der Waals surface area contributed by atoms with E-state index < -0.39 is 0 Å². The first-order chi connectivity index (χ1) is 10.1. The lowest BCUT2D eigenvalue weighted by atomic mass is 9.92. The number of nitrogens with zero attached hydrogens (tertiary/aromatic N) is 3. The summed E-state index contributed by atoms with van der Waals surface area (Å²) in [5.74, 6) is 2.75. The van der Waals surface area contributed by atoms with Gasteiger partial charge in [-0.15, -0.1) is 10.2 Å². The average Bonchev–Trinajstić information content (AvgIpc) is 2.86. The first-order valence-electron chi connectivity index (χ1n) is 7.41. The number of hydrogen-bond acceptors (Lipinski definition) is 4. The number of benzene rings is 1. The van der Waals surface area contributed by atoms with Crippen LogP contribution in [0.5, 0.6) is 0 Å². The third kappa shape index (κ3) is 3.52. The Labute approximate surface area is 133 Å². The number of aromatic nitrogens is 2. The van der Waals surface area contributed by atoms with E-state index in [1.165, 1.54) is 6.42 Å². The molecule has 2 unspecified atom stereocenters. The standard InChI is InChI=1S/C16H20BrN3O/c1-11-7-12(2)9-20(8-11)10-15-18-19-16(21-15)13-5-3-4-6-14(13)17/h3-6,11-12H,7-10H2,1-2H3. The zero-order valence-electron chi connectivity index (χ0n) is 12.4. The fraction of sp³-hybridized carbons (Fsp3) is 0.500. The second kappa shape index (κ2) is 6.28. The highest BCUT2D eigenvalue weighted by Gasteiger charge is 2.23. The van der Waals surface area contributed by atoms with Crippen LogP contribution in [0.3, 0.4) is 0 Å². The van der Waals surface area contributed by atoms with E-state index in [1.54, 1.807) is 0 Å². The second-order valence-corrected chi connectivity index (χ2v) is 6.98. The van der Waals surface area contributed by atoms with Crippen LogP contribution in [-0.2, 0) is 6.54 Å². The van der Waals surface area contributed by atoms with Gasteiger partial charge in [-0.1, -0.05) is 26.0 Å². The quantitative estimate of drug-likeness (QED) is 0.840. The lowest BCUT2D eigenvalue weighted by molar-refractivity contribution is 0.124. The summed E-state index contributed by atoms with van der Waals surface area (Å²) >= 11 is 3.52. The minimum Gasteiger partial charge on any atom is -0.419 e. The number of halogens is 1. The first-order valence-corrected chi connectivity index (χ1v) is 8.20. The Bertz CT molecular complexity index is 603. The predicted molar refractivity (Wildman–Crippen MR) is 85.7 cm³/mol. The molecular formula is C16H20BrN3O. The largest absolute Gasteiger partial charge is 0.419 e. The van der Waals surface area contributed by atoms with E-state index in [2.05, 4.69) is 44.9 Å². The maximum Gasteiger partial charge on any atom is 0.248 e. The lowest BCUT2D eigenvalue weighted by Crippen LogP contribution is -2.38. The Morgan fingerprint density at radius 2 is 1.90 bits per heavy atom. The molecule has 0 N–H and O–H groups in total. The monoisotopic (exact) mass is 349 g/mol. The van der Waals surface area contributed by atoms with Crippen LogP contribution in [0, 0.1) is 11.8 Å². The van der Waals surface area contributed by atoms with Gasteiger partial charge in [0.1, 0.15) is 0 Å². The number of rotatable bonds is 3. The molecule has 1 aliphatic rings. The van der Waals surface area contributed by atoms with Gasteiger partial charge in [-0.2, -0.15) is 0 Å². The van der Waals surface area contributed by atoms with Gasteiger partial charge in [0.15, 0.2) is 0 Å². The van der Waals surface area contributed by atoms with Crippen molar-refractivity contribution in [2.45, 2.75) is 26.8 Å². The van der Waals surface area contributed by atoms with E-state index in [-0.39, 0.29) is 0 Å². The average molecular weight is 350 g/mol. The molecule has 5 heteroatoms. The molecular weight excluding hydrogens is 330 g/mol. The van der Waals surface area contributed by atoms with Crippen molar-refractivity contribution in [2.24, 2.45) is 11.8 Å². The van der Waals surface area contributed by atoms with Gasteiger partial charge in [-0.25, -0.2) is 0 Å². The topological polar surface area (TPSA) is 42.2 Å². The molecule has 3 rings (SSSR count). The van der Waals surface area contributed by atoms with Crippen LogP contribution >= 0.6 is 15.9 Å². The zero-order valence-corrected chi connectivity index (χ0v) is 14.0. The van der Waals surface area contributed by atoms with E-state index in [4.69, 9.17) is 4.42 Å². The molecule has 1 aliphatic heterocycles. The van der Waals surface area contributed by atoms with Crippen LogP contribution in [0.4, 0.5) is 0 Å². The van der Waals surface area contributed by atoms with Crippen LogP contribution in [0.2, 0.25) is 0 Å². The minimum absolute atomic E-state index is 0.579. The summed E-state index contributed by atoms with van der Waals surface area (Å²) in [5, 5.41) is 8.38. The van der Waals surface area contributed by atoms with E-state index in [0.29, 0.717) is 11.8 Å². The van der Waals surface area contributed by atoms with Gasteiger partial charge >= 0.3 is 0 Å². The number of piperidine rings is 1. The molecule has 2 aromatic rings. The minimum atomic E-state index is 0.579. The second-order valence-electron chi connectivity index (χ2n) is 6.12. The highest BCUT2D eigenvalue weighted by molar-refractivity contribution is 9.10. The Hall–Kier alpha value is -1.20. The van der Waals surface area contributed by atoms with Crippen molar-refractivity contribution in [3.63, 3.8) is 0 Å². The van der Waals surface area contributed by atoms with Crippen LogP contribution in [-0.4, -0.2) is 28.2 Å². The molecule has 1 aromatic carbocycles. The summed E-state index contributed by atoms with van der Waals surface area (Å²) in [5.41, 5.74) is 0.941. The highest BCUT2D eigenvalue weighted by atomic mass is 79.9. The molecule has 0 amide bonds. The van der Waals surface area contributed by atoms with E-state index in [9.17, 15) is 0 Å². The normalized spacial score (nSPS) is 23.4. The molecule has 0 radical (unpaired) electrons. The van der Waals surface area contributed by atoms with Crippen molar-refractivity contribution in [3.8, 4) is 11.5 Å². The van der Waals surface area contributed by atoms with Crippen molar-refractivity contribution in [1.82, 2.24) is 15.1 Å². The van der Waals surface area contributed by atoms with Crippen molar-refractivity contribution in [3.05, 3.63) is 34.6 Å². The lowest BCUT2D eigenvalue weighted by Gasteiger charge is -2.33. The highest BCUT2D eigenvalue weighted by Crippen LogP contribution is 2.27. The molecule has 0 bridgehead atoms. The smallest absolute Gasteiger partial charge is 0.248 e. The summed E-state index contributed by atoms with van der Waals surface area (Å²) < 4.78 is 6.80. The van der Waals surface area contributed by atoms with E-state index in [0.717, 1.165) is 41.5 Å². The number of likely N-dealkylation sites (tertiary alicyclic amines) is 1. The van der Waals surface area contributed by atoms with Crippen LogP contribution in [0.15, 0.2) is 33.2 Å². The maximum atomic E-state index is 5.83. The molecule has 112 valence electrons. The molecule has 0 saturated carbocycles. The van der Waals surface area contributed by atoms with Gasteiger partial charge in [-0.3, -0.25) is 4.90 Å². The van der Waals surface area contributed by atoms with Crippen molar-refractivity contribution < 1.29 is 4.42 Å². The summed E-state index contributed by atoms with van der Waals surface area (Å²) in [4.78, 5) is 2.41. The van der Waals surface area contributed by atoms with Gasteiger partial charge in [-0.05, 0) is 46.3 Å². The van der Waals surface area contributed by atoms with Gasteiger partial charge < -0.3 is 4.42 Å². The van der Waals surface area contributed by atoms with Crippen molar-refractivity contribution in [2.75, 3.05) is 13.1 Å². The molecule has 1 fully saturated rings. The fourth-order valence-corrected chi connectivity index (χ4v) is 3.63. The third-order valence-electron chi connectivity index (χ3n) is 3.87. The molecule has 21 heavy (non-hydrogen) atoms. The number of hydrogen-bond donors (Lipinski definition) is 0. The van der Waals surface area contributed by atoms with Gasteiger partial charge in [0.25, 0.3) is 0 Å². The van der Waals surface area contributed by atoms with Gasteiger partial charge in [0.05, 0.1) is 12.1 Å². The van der Waals surface area contributed by atoms with E-state index in [1.807, 2.05) is 24.3 Å². The molecule has 2 atom stereocenters. The fourth-order valence-electron chi connectivity index (χ4n) is 3.17. The predicted octanol–water partition coefficient (Wildman–Crippen LogP) is 3.98. The molecule has 2 heterocycles. The van der Waals surface area contributed by atoms with Crippen LogP contribution in [0.1, 0.15) is 26.2 Å². The van der Waals surface area contributed by atoms with Crippen LogP contribution < -0.4 is 0 Å². The van der Waals surface area contributed by atoms with Gasteiger partial charge in [0.2, 0.25) is 11.8 Å². The first kappa shape index (κ1) is 14.7. The Morgan fingerprint density at radius 3 is 2.62 bits per heavy atom. The third-order valence-corrected chi connectivity index (χ3v) is 4.57.